The van der Waals surface area contributed by atoms with E-state index < -0.39 is 6.10 Å². The van der Waals surface area contributed by atoms with Gasteiger partial charge in [-0.05, 0) is 42.7 Å². The van der Waals surface area contributed by atoms with Gasteiger partial charge in [-0.3, -0.25) is 4.90 Å². The third-order valence-electron chi connectivity index (χ3n) is 3.99. The molecule has 0 aliphatic heterocycles. The lowest BCUT2D eigenvalue weighted by atomic mass is 10.1. The van der Waals surface area contributed by atoms with Gasteiger partial charge in [-0.25, -0.2) is 0 Å². The van der Waals surface area contributed by atoms with Crippen LogP contribution in [0.25, 0.3) is 0 Å². The summed E-state index contributed by atoms with van der Waals surface area (Å²) in [6, 6.07) is 9.68. The van der Waals surface area contributed by atoms with E-state index in [4.69, 9.17) is 13.9 Å². The van der Waals surface area contributed by atoms with Crippen molar-refractivity contribution < 1.29 is 19.0 Å². The Bertz CT molecular complexity index is 639. The smallest absolute Gasteiger partial charge is 0.161 e. The molecule has 136 valence electrons. The van der Waals surface area contributed by atoms with Gasteiger partial charge in [-0.2, -0.15) is 0 Å². The molecule has 1 aromatic carbocycles. The number of allylic oxidation sites excluding steroid dienone is 1. The first kappa shape index (κ1) is 19.1. The van der Waals surface area contributed by atoms with E-state index in [1.54, 1.807) is 20.5 Å². The van der Waals surface area contributed by atoms with Crippen LogP contribution in [0.15, 0.2) is 53.7 Å². The van der Waals surface area contributed by atoms with Gasteiger partial charge in [0.1, 0.15) is 5.76 Å². The highest BCUT2D eigenvalue weighted by molar-refractivity contribution is 5.42. The zero-order valence-electron chi connectivity index (χ0n) is 15.0. The lowest BCUT2D eigenvalue weighted by Gasteiger charge is -2.24. The fourth-order valence-corrected chi connectivity index (χ4v) is 2.74. The summed E-state index contributed by atoms with van der Waals surface area (Å²) in [4.78, 5) is 2.16. The largest absolute Gasteiger partial charge is 0.493 e. The number of methoxy groups -OCH3 is 2. The maximum atomic E-state index is 10.3. The van der Waals surface area contributed by atoms with Crippen molar-refractivity contribution in [3.8, 4) is 11.5 Å². The lowest BCUT2D eigenvalue weighted by Crippen LogP contribution is -2.31. The molecule has 1 atom stereocenters. The van der Waals surface area contributed by atoms with Gasteiger partial charge in [0.05, 0.1) is 33.1 Å². The summed E-state index contributed by atoms with van der Waals surface area (Å²) in [5.41, 5.74) is 1.08. The molecule has 0 fully saturated rings. The predicted molar refractivity (Wildman–Crippen MR) is 97.8 cm³/mol. The highest BCUT2D eigenvalue weighted by atomic mass is 16.5. The number of ether oxygens (including phenoxy) is 2. The molecule has 0 saturated heterocycles. The van der Waals surface area contributed by atoms with Crippen molar-refractivity contribution >= 4 is 0 Å². The van der Waals surface area contributed by atoms with E-state index in [0.717, 1.165) is 17.7 Å². The Morgan fingerprint density at radius 3 is 2.64 bits per heavy atom. The molecular formula is C20H27NO4. The second-order valence-corrected chi connectivity index (χ2v) is 5.96. The number of aliphatic hydroxyl groups is 1. The summed E-state index contributed by atoms with van der Waals surface area (Å²) in [6.45, 7) is 5.57. The summed E-state index contributed by atoms with van der Waals surface area (Å²) >= 11 is 0. The Kier molecular flexibility index (Phi) is 7.57. The van der Waals surface area contributed by atoms with E-state index >= 15 is 0 Å². The van der Waals surface area contributed by atoms with Crippen LogP contribution in [0.2, 0.25) is 0 Å². The van der Waals surface area contributed by atoms with Crippen molar-refractivity contribution in [1.29, 1.82) is 0 Å². The highest BCUT2D eigenvalue weighted by Gasteiger charge is 2.15. The van der Waals surface area contributed by atoms with Crippen LogP contribution in [-0.2, 0) is 13.1 Å². The van der Waals surface area contributed by atoms with Gasteiger partial charge < -0.3 is 19.0 Å². The van der Waals surface area contributed by atoms with Crippen LogP contribution in [0.3, 0.4) is 0 Å². The first-order valence-electron chi connectivity index (χ1n) is 8.40. The van der Waals surface area contributed by atoms with Gasteiger partial charge in [0.15, 0.2) is 11.5 Å². The molecule has 0 unspecified atom stereocenters. The fourth-order valence-electron chi connectivity index (χ4n) is 2.74. The molecule has 1 aromatic heterocycles. The van der Waals surface area contributed by atoms with Crippen molar-refractivity contribution in [1.82, 2.24) is 4.90 Å². The molecule has 0 radical (unpaired) electrons. The third kappa shape index (κ3) is 5.96. The Balaban J connectivity index is 2.09. The molecule has 0 aliphatic rings. The molecule has 0 saturated carbocycles. The topological polar surface area (TPSA) is 55.1 Å². The summed E-state index contributed by atoms with van der Waals surface area (Å²) in [6.07, 6.45) is 4.58. The number of benzene rings is 1. The Hall–Kier alpha value is -2.24. The summed E-state index contributed by atoms with van der Waals surface area (Å²) < 4.78 is 16.1. The van der Waals surface area contributed by atoms with Crippen LogP contribution in [0.1, 0.15) is 24.2 Å². The Morgan fingerprint density at radius 2 is 2.00 bits per heavy atom. The monoisotopic (exact) mass is 345 g/mol. The molecule has 5 nitrogen and oxygen atoms in total. The van der Waals surface area contributed by atoms with Gasteiger partial charge in [0.2, 0.25) is 0 Å². The van der Waals surface area contributed by atoms with Crippen molar-refractivity contribution in [3.63, 3.8) is 0 Å². The number of aliphatic hydroxyl groups excluding tert-OH is 1. The van der Waals surface area contributed by atoms with Crippen LogP contribution in [0, 0.1) is 0 Å². The molecule has 2 rings (SSSR count). The maximum absolute atomic E-state index is 10.3. The van der Waals surface area contributed by atoms with E-state index in [-0.39, 0.29) is 0 Å². The van der Waals surface area contributed by atoms with E-state index in [2.05, 4.69) is 11.5 Å². The highest BCUT2D eigenvalue weighted by Crippen LogP contribution is 2.28. The number of nitrogens with zero attached hydrogens (tertiary/aromatic N) is 1. The van der Waals surface area contributed by atoms with E-state index in [0.29, 0.717) is 37.6 Å². The molecule has 1 heterocycles. The zero-order valence-corrected chi connectivity index (χ0v) is 15.0. The maximum Gasteiger partial charge on any atom is 0.161 e. The number of furan rings is 1. The molecule has 0 bridgehead atoms. The average Bonchev–Trinajstić information content (AvgIpc) is 3.12. The summed E-state index contributed by atoms with van der Waals surface area (Å²) in [5.74, 6) is 2.27. The fraction of sp³-hybridized carbons (Fsp3) is 0.400. The number of hydrogen-bond acceptors (Lipinski definition) is 5. The molecule has 5 heteroatoms. The van der Waals surface area contributed by atoms with Gasteiger partial charge in [0, 0.05) is 13.1 Å². The van der Waals surface area contributed by atoms with E-state index in [1.807, 2.05) is 36.4 Å². The first-order chi connectivity index (χ1) is 12.2. The SMILES string of the molecule is C=CCC[C@H](O)CN(Cc1ccc(OC)c(OC)c1)Cc1ccco1. The number of rotatable bonds is 11. The van der Waals surface area contributed by atoms with Gasteiger partial charge in [-0.15, -0.1) is 6.58 Å². The van der Waals surface area contributed by atoms with Crippen LogP contribution < -0.4 is 9.47 Å². The second kappa shape index (κ2) is 9.91. The van der Waals surface area contributed by atoms with Crippen LogP contribution >= 0.6 is 0 Å². The second-order valence-electron chi connectivity index (χ2n) is 5.96. The molecular weight excluding hydrogens is 318 g/mol. The molecule has 0 amide bonds. The van der Waals surface area contributed by atoms with Crippen LogP contribution in [-0.4, -0.2) is 36.9 Å². The molecule has 0 aliphatic carbocycles. The standard InChI is InChI=1S/C20H27NO4/c1-4-5-7-17(22)14-21(15-18-8-6-11-25-18)13-16-9-10-19(23-2)20(12-16)24-3/h4,6,8-12,17,22H,1,5,7,13-15H2,2-3H3/t17-/m0/s1. The van der Waals surface area contributed by atoms with E-state index in [9.17, 15) is 5.11 Å². The van der Waals surface area contributed by atoms with E-state index in [1.165, 1.54) is 0 Å². The van der Waals surface area contributed by atoms with Crippen molar-refractivity contribution in [2.24, 2.45) is 0 Å². The van der Waals surface area contributed by atoms with Gasteiger partial charge >= 0.3 is 0 Å². The summed E-state index contributed by atoms with van der Waals surface area (Å²) in [5, 5.41) is 10.3. The minimum absolute atomic E-state index is 0.409. The normalized spacial score (nSPS) is 12.2. The molecule has 2 aromatic rings. The first-order valence-corrected chi connectivity index (χ1v) is 8.40. The van der Waals surface area contributed by atoms with Crippen LogP contribution in [0.5, 0.6) is 11.5 Å². The lowest BCUT2D eigenvalue weighted by molar-refractivity contribution is 0.0944. The van der Waals surface area contributed by atoms with Crippen LogP contribution in [0.4, 0.5) is 0 Å². The molecule has 0 spiro atoms. The Labute approximate surface area is 149 Å². The van der Waals surface area contributed by atoms with Gasteiger partial charge in [-0.1, -0.05) is 12.1 Å². The third-order valence-corrected chi connectivity index (χ3v) is 3.99. The Morgan fingerprint density at radius 1 is 1.20 bits per heavy atom. The zero-order chi connectivity index (χ0) is 18.1. The number of hydrogen-bond donors (Lipinski definition) is 1. The minimum Gasteiger partial charge on any atom is -0.493 e. The molecule has 1 N–H and O–H groups in total. The summed E-state index contributed by atoms with van der Waals surface area (Å²) in [7, 11) is 3.25. The average molecular weight is 345 g/mol. The minimum atomic E-state index is -0.409. The van der Waals surface area contributed by atoms with Crippen molar-refractivity contribution in [2.45, 2.75) is 32.0 Å². The quantitative estimate of drug-likeness (QED) is 0.630. The predicted octanol–water partition coefficient (Wildman–Crippen LogP) is 3.63. The van der Waals surface area contributed by atoms with Crippen molar-refractivity contribution in [2.75, 3.05) is 20.8 Å². The van der Waals surface area contributed by atoms with Gasteiger partial charge in [0.25, 0.3) is 0 Å². The van der Waals surface area contributed by atoms with Crippen molar-refractivity contribution in [3.05, 3.63) is 60.6 Å². The molecule has 25 heavy (non-hydrogen) atoms.